The molecule has 0 atom stereocenters. The molecule has 0 amide bonds. The van der Waals surface area contributed by atoms with E-state index in [0.717, 1.165) is 12.1 Å². The van der Waals surface area contributed by atoms with E-state index in [0.29, 0.717) is 19.0 Å². The second-order valence-corrected chi connectivity index (χ2v) is 5.46. The van der Waals surface area contributed by atoms with E-state index in [1.807, 2.05) is 19.1 Å². The Kier molecular flexibility index (Phi) is 8.90. The van der Waals surface area contributed by atoms with E-state index in [4.69, 9.17) is 0 Å². The lowest BCUT2D eigenvalue weighted by molar-refractivity contribution is -0.384. The third kappa shape index (κ3) is 7.08. The lowest BCUT2D eigenvalue weighted by Gasteiger charge is -2.11. The van der Waals surface area contributed by atoms with Crippen molar-refractivity contribution in [3.05, 3.63) is 75.3 Å². The monoisotopic (exact) mass is 454 g/mol. The number of nitro benzene ring substituents is 1. The van der Waals surface area contributed by atoms with Gasteiger partial charge in [-0.15, -0.1) is 24.0 Å². The van der Waals surface area contributed by atoms with E-state index in [1.165, 1.54) is 17.2 Å². The second kappa shape index (κ2) is 10.7. The number of hydrogen-bond donors (Lipinski definition) is 2. The number of nitrogens with one attached hydrogen (secondary N) is 2. The standard InChI is InChI=1S/C18H22N4O2.HI/c1-3-19-18(20-12-15-7-4-6-14(2)10-15)21-13-16-8-5-9-17(11-16)22(23)24;/h4-11H,3,12-13H2,1-2H3,(H2,19,20,21);1H. The predicted octanol–water partition coefficient (Wildman–Crippen LogP) is 3.78. The Bertz CT molecular complexity index is 735. The van der Waals surface area contributed by atoms with Gasteiger partial charge in [-0.2, -0.15) is 0 Å². The van der Waals surface area contributed by atoms with Crippen LogP contribution in [-0.4, -0.2) is 17.4 Å². The molecule has 0 fully saturated rings. The summed E-state index contributed by atoms with van der Waals surface area (Å²) in [5.41, 5.74) is 3.28. The highest BCUT2D eigenvalue weighted by atomic mass is 127. The molecule has 0 aliphatic carbocycles. The molecule has 0 bridgehead atoms. The zero-order valence-electron chi connectivity index (χ0n) is 14.4. The van der Waals surface area contributed by atoms with Crippen LogP contribution in [0.15, 0.2) is 53.5 Å². The Labute approximate surface area is 164 Å². The molecule has 2 N–H and O–H groups in total. The van der Waals surface area contributed by atoms with Gasteiger partial charge in [0.15, 0.2) is 5.96 Å². The molecule has 2 rings (SSSR count). The van der Waals surface area contributed by atoms with E-state index in [2.05, 4.69) is 40.7 Å². The SMILES string of the molecule is CCNC(=NCc1cccc([N+](=O)[O-])c1)NCc1cccc(C)c1.I. The fourth-order valence-corrected chi connectivity index (χ4v) is 2.29. The Hall–Kier alpha value is -2.16. The van der Waals surface area contributed by atoms with Crippen LogP contribution in [0.1, 0.15) is 23.6 Å². The zero-order chi connectivity index (χ0) is 17.4. The minimum atomic E-state index is -0.394. The van der Waals surface area contributed by atoms with E-state index < -0.39 is 4.92 Å². The molecule has 2 aromatic rings. The number of benzene rings is 2. The van der Waals surface area contributed by atoms with Gasteiger partial charge in [0.25, 0.3) is 5.69 Å². The number of rotatable bonds is 6. The van der Waals surface area contributed by atoms with Gasteiger partial charge >= 0.3 is 0 Å². The summed E-state index contributed by atoms with van der Waals surface area (Å²) in [5.74, 6) is 0.686. The highest BCUT2D eigenvalue weighted by molar-refractivity contribution is 14.0. The highest BCUT2D eigenvalue weighted by Gasteiger charge is 2.05. The number of aryl methyl sites for hydroxylation is 1. The first-order valence-electron chi connectivity index (χ1n) is 7.89. The molecule has 25 heavy (non-hydrogen) atoms. The fourth-order valence-electron chi connectivity index (χ4n) is 2.29. The highest BCUT2D eigenvalue weighted by Crippen LogP contribution is 2.13. The number of non-ortho nitro benzene ring substituents is 1. The Morgan fingerprint density at radius 1 is 1.12 bits per heavy atom. The first-order valence-corrected chi connectivity index (χ1v) is 7.89. The predicted molar refractivity (Wildman–Crippen MR) is 111 cm³/mol. The summed E-state index contributed by atoms with van der Waals surface area (Å²) in [4.78, 5) is 14.9. The van der Waals surface area contributed by atoms with Gasteiger partial charge in [0.05, 0.1) is 11.5 Å². The van der Waals surface area contributed by atoms with Crippen molar-refractivity contribution in [1.82, 2.24) is 10.6 Å². The summed E-state index contributed by atoms with van der Waals surface area (Å²) < 4.78 is 0. The number of halogens is 1. The number of nitro groups is 1. The first-order chi connectivity index (χ1) is 11.6. The van der Waals surface area contributed by atoms with Gasteiger partial charge in [-0.25, -0.2) is 4.99 Å². The zero-order valence-corrected chi connectivity index (χ0v) is 16.7. The largest absolute Gasteiger partial charge is 0.357 e. The topological polar surface area (TPSA) is 79.6 Å². The van der Waals surface area contributed by atoms with Crippen LogP contribution in [0.25, 0.3) is 0 Å². The van der Waals surface area contributed by atoms with Crippen LogP contribution in [0.3, 0.4) is 0 Å². The molecular weight excluding hydrogens is 431 g/mol. The van der Waals surface area contributed by atoms with Crippen molar-refractivity contribution < 1.29 is 4.92 Å². The van der Waals surface area contributed by atoms with Gasteiger partial charge < -0.3 is 10.6 Å². The Balaban J connectivity index is 0.00000312. The number of nitrogens with zero attached hydrogens (tertiary/aromatic N) is 2. The fraction of sp³-hybridized carbons (Fsp3) is 0.278. The van der Waals surface area contributed by atoms with Gasteiger partial charge in [0.1, 0.15) is 0 Å². The van der Waals surface area contributed by atoms with Crippen molar-refractivity contribution in [3.8, 4) is 0 Å². The van der Waals surface area contributed by atoms with Crippen molar-refractivity contribution in [2.45, 2.75) is 26.9 Å². The normalized spacial score (nSPS) is 10.7. The summed E-state index contributed by atoms with van der Waals surface area (Å²) in [6.07, 6.45) is 0. The lowest BCUT2D eigenvalue weighted by Crippen LogP contribution is -2.36. The first kappa shape index (κ1) is 20.9. The van der Waals surface area contributed by atoms with Gasteiger partial charge in [-0.3, -0.25) is 10.1 Å². The molecule has 0 spiro atoms. The van der Waals surface area contributed by atoms with Crippen LogP contribution in [0.2, 0.25) is 0 Å². The molecule has 0 unspecified atom stereocenters. The van der Waals surface area contributed by atoms with Gasteiger partial charge in [-0.1, -0.05) is 42.0 Å². The molecule has 0 aliphatic heterocycles. The van der Waals surface area contributed by atoms with Crippen molar-refractivity contribution in [1.29, 1.82) is 0 Å². The molecule has 6 nitrogen and oxygen atoms in total. The van der Waals surface area contributed by atoms with Crippen molar-refractivity contribution >= 4 is 35.6 Å². The van der Waals surface area contributed by atoms with Crippen LogP contribution < -0.4 is 10.6 Å². The number of hydrogen-bond acceptors (Lipinski definition) is 3. The molecule has 0 radical (unpaired) electrons. The Morgan fingerprint density at radius 3 is 2.52 bits per heavy atom. The molecule has 7 heteroatoms. The molecule has 0 aliphatic rings. The minimum Gasteiger partial charge on any atom is -0.357 e. The lowest BCUT2D eigenvalue weighted by atomic mass is 10.1. The van der Waals surface area contributed by atoms with Crippen LogP contribution in [0.5, 0.6) is 0 Å². The van der Waals surface area contributed by atoms with E-state index in [9.17, 15) is 10.1 Å². The molecular formula is C18H23IN4O2. The average Bonchev–Trinajstić information content (AvgIpc) is 2.57. The summed E-state index contributed by atoms with van der Waals surface area (Å²) in [6, 6.07) is 14.8. The van der Waals surface area contributed by atoms with Gasteiger partial charge in [0, 0.05) is 25.2 Å². The van der Waals surface area contributed by atoms with Crippen LogP contribution in [0.4, 0.5) is 5.69 Å². The van der Waals surface area contributed by atoms with E-state index in [1.54, 1.807) is 12.1 Å². The number of aliphatic imine (C=N–C) groups is 1. The number of guanidine groups is 1. The second-order valence-electron chi connectivity index (χ2n) is 5.46. The van der Waals surface area contributed by atoms with Crippen LogP contribution >= 0.6 is 24.0 Å². The smallest absolute Gasteiger partial charge is 0.269 e. The van der Waals surface area contributed by atoms with E-state index >= 15 is 0 Å². The third-order valence-electron chi connectivity index (χ3n) is 3.43. The molecule has 0 saturated carbocycles. The van der Waals surface area contributed by atoms with E-state index in [-0.39, 0.29) is 29.7 Å². The average molecular weight is 454 g/mol. The minimum absolute atomic E-state index is 0. The molecule has 134 valence electrons. The molecule has 0 heterocycles. The molecule has 0 aromatic heterocycles. The van der Waals surface area contributed by atoms with Gasteiger partial charge in [-0.05, 0) is 25.0 Å². The quantitative estimate of drug-likeness (QED) is 0.229. The molecule has 2 aromatic carbocycles. The molecule has 0 saturated heterocycles. The Morgan fingerprint density at radius 2 is 1.84 bits per heavy atom. The van der Waals surface area contributed by atoms with Crippen LogP contribution in [0, 0.1) is 17.0 Å². The summed E-state index contributed by atoms with van der Waals surface area (Å²) in [7, 11) is 0. The summed E-state index contributed by atoms with van der Waals surface area (Å²) >= 11 is 0. The maximum Gasteiger partial charge on any atom is 0.269 e. The summed E-state index contributed by atoms with van der Waals surface area (Å²) in [5, 5.41) is 17.3. The maximum absolute atomic E-state index is 10.8. The maximum atomic E-state index is 10.8. The summed E-state index contributed by atoms with van der Waals surface area (Å²) in [6.45, 7) is 5.85. The third-order valence-corrected chi connectivity index (χ3v) is 3.43. The van der Waals surface area contributed by atoms with Crippen molar-refractivity contribution in [3.63, 3.8) is 0 Å². The van der Waals surface area contributed by atoms with Crippen molar-refractivity contribution in [2.24, 2.45) is 4.99 Å². The van der Waals surface area contributed by atoms with Gasteiger partial charge in [0.2, 0.25) is 0 Å². The van der Waals surface area contributed by atoms with Crippen LogP contribution in [-0.2, 0) is 13.1 Å². The van der Waals surface area contributed by atoms with Crippen molar-refractivity contribution in [2.75, 3.05) is 6.54 Å².